The monoisotopic (exact) mass is 444 g/mol. The van der Waals surface area contributed by atoms with Gasteiger partial charge in [0.15, 0.2) is 11.5 Å². The molecule has 1 rings (SSSR count). The third-order valence-corrected chi connectivity index (χ3v) is 6.53. The number of phenols is 2. The molecule has 1 aromatic rings. The van der Waals surface area contributed by atoms with Crippen LogP contribution in [0.5, 0.6) is 11.5 Å². The van der Waals surface area contributed by atoms with Crippen molar-refractivity contribution in [2.45, 2.75) is 142 Å². The maximum Gasteiger partial charge on any atom is 0.157 e. The lowest BCUT2D eigenvalue weighted by Crippen LogP contribution is -1.84. The second kappa shape index (κ2) is 21.4. The average Bonchev–Trinajstić information content (AvgIpc) is 2.79. The molecule has 184 valence electrons. The van der Waals surface area contributed by atoms with E-state index in [0.29, 0.717) is 0 Å². The fraction of sp³-hybridized carbons (Fsp3) is 0.733. The van der Waals surface area contributed by atoms with E-state index in [2.05, 4.69) is 13.0 Å². The zero-order valence-electron chi connectivity index (χ0n) is 21.1. The van der Waals surface area contributed by atoms with Gasteiger partial charge in [-0.05, 0) is 30.5 Å². The SMILES string of the molecule is CCCCCCCCCCCCCCCCCCCCCC/C=C/c1ccc(O)c(O)c1. The Morgan fingerprint density at radius 3 is 1.34 bits per heavy atom. The summed E-state index contributed by atoms with van der Waals surface area (Å²) in [6.45, 7) is 2.29. The Bertz CT molecular complexity index is 564. The van der Waals surface area contributed by atoms with E-state index in [1.807, 2.05) is 12.1 Å². The van der Waals surface area contributed by atoms with Gasteiger partial charge in [-0.1, -0.05) is 147 Å². The molecule has 0 bridgehead atoms. The number of aromatic hydroxyl groups is 2. The maximum absolute atomic E-state index is 9.49. The molecule has 0 aliphatic heterocycles. The third-order valence-electron chi connectivity index (χ3n) is 6.53. The summed E-state index contributed by atoms with van der Waals surface area (Å²) in [5.41, 5.74) is 0.938. The van der Waals surface area contributed by atoms with Crippen molar-refractivity contribution in [2.24, 2.45) is 0 Å². The zero-order chi connectivity index (χ0) is 23.1. The first-order valence-corrected chi connectivity index (χ1v) is 13.9. The zero-order valence-corrected chi connectivity index (χ0v) is 21.1. The number of hydrogen-bond donors (Lipinski definition) is 2. The Morgan fingerprint density at radius 2 is 0.938 bits per heavy atom. The molecule has 32 heavy (non-hydrogen) atoms. The fourth-order valence-corrected chi connectivity index (χ4v) is 4.38. The predicted molar refractivity (Wildman–Crippen MR) is 141 cm³/mol. The van der Waals surface area contributed by atoms with Crippen molar-refractivity contribution in [1.29, 1.82) is 0 Å². The van der Waals surface area contributed by atoms with Gasteiger partial charge in [0, 0.05) is 0 Å². The van der Waals surface area contributed by atoms with Crippen LogP contribution < -0.4 is 0 Å². The molecule has 2 N–H and O–H groups in total. The largest absolute Gasteiger partial charge is 0.504 e. The molecule has 0 amide bonds. The highest BCUT2D eigenvalue weighted by molar-refractivity contribution is 5.54. The van der Waals surface area contributed by atoms with E-state index in [-0.39, 0.29) is 11.5 Å². The molecule has 0 fully saturated rings. The second-order valence-corrected chi connectivity index (χ2v) is 9.66. The first-order chi connectivity index (χ1) is 15.7. The highest BCUT2D eigenvalue weighted by atomic mass is 16.3. The third kappa shape index (κ3) is 17.2. The molecule has 0 aliphatic rings. The van der Waals surface area contributed by atoms with E-state index in [1.165, 1.54) is 134 Å². The number of allylic oxidation sites excluding steroid dienone is 1. The van der Waals surface area contributed by atoms with E-state index in [4.69, 9.17) is 0 Å². The van der Waals surface area contributed by atoms with Crippen LogP contribution in [-0.4, -0.2) is 10.2 Å². The summed E-state index contributed by atoms with van der Waals surface area (Å²) in [5.74, 6) is -0.109. The number of phenolic OH excluding ortho intramolecular Hbond substituents is 2. The molecule has 0 saturated heterocycles. The van der Waals surface area contributed by atoms with Gasteiger partial charge in [0.05, 0.1) is 0 Å². The van der Waals surface area contributed by atoms with Gasteiger partial charge in [-0.15, -0.1) is 0 Å². The van der Waals surface area contributed by atoms with E-state index >= 15 is 0 Å². The van der Waals surface area contributed by atoms with E-state index in [1.54, 1.807) is 6.07 Å². The molecule has 0 saturated carbocycles. The summed E-state index contributed by atoms with van der Waals surface area (Å²) in [6.07, 6.45) is 33.6. The van der Waals surface area contributed by atoms with Crippen molar-refractivity contribution < 1.29 is 10.2 Å². The van der Waals surface area contributed by atoms with Crippen molar-refractivity contribution in [3.8, 4) is 11.5 Å². The Hall–Kier alpha value is -1.44. The highest BCUT2D eigenvalue weighted by Crippen LogP contribution is 2.25. The standard InChI is InChI=1S/C30H52O2/c1-2-3-4-5-6-7-8-9-10-11-12-13-14-15-16-17-18-19-20-21-22-23-24-28-25-26-29(31)30(32)27-28/h23-27,31-32H,2-22H2,1H3/b24-23+. The van der Waals surface area contributed by atoms with Crippen LogP contribution in [-0.2, 0) is 0 Å². The van der Waals surface area contributed by atoms with Gasteiger partial charge in [-0.25, -0.2) is 0 Å². The van der Waals surface area contributed by atoms with Gasteiger partial charge in [0.1, 0.15) is 0 Å². The number of benzene rings is 1. The fourth-order valence-electron chi connectivity index (χ4n) is 4.38. The molecule has 0 unspecified atom stereocenters. The molecule has 2 heteroatoms. The average molecular weight is 445 g/mol. The molecule has 0 spiro atoms. The van der Waals surface area contributed by atoms with Crippen molar-refractivity contribution in [3.05, 3.63) is 29.8 Å². The Kier molecular flexibility index (Phi) is 19.1. The number of hydrogen-bond acceptors (Lipinski definition) is 2. The van der Waals surface area contributed by atoms with Gasteiger partial charge in [0.25, 0.3) is 0 Å². The van der Waals surface area contributed by atoms with Gasteiger partial charge >= 0.3 is 0 Å². The summed E-state index contributed by atoms with van der Waals surface area (Å²) in [7, 11) is 0. The van der Waals surface area contributed by atoms with Crippen LogP contribution in [0, 0.1) is 0 Å². The summed E-state index contributed by atoms with van der Waals surface area (Å²) >= 11 is 0. The lowest BCUT2D eigenvalue weighted by atomic mass is 10.0. The summed E-state index contributed by atoms with van der Waals surface area (Å²) in [5, 5.41) is 18.8. The molecule has 0 aromatic heterocycles. The maximum atomic E-state index is 9.49. The topological polar surface area (TPSA) is 40.5 Å². The van der Waals surface area contributed by atoms with Crippen LogP contribution in [0.1, 0.15) is 147 Å². The molecule has 2 nitrogen and oxygen atoms in total. The van der Waals surface area contributed by atoms with Crippen LogP contribution in [0.3, 0.4) is 0 Å². The summed E-state index contributed by atoms with van der Waals surface area (Å²) in [4.78, 5) is 0. The van der Waals surface area contributed by atoms with Gasteiger partial charge in [0.2, 0.25) is 0 Å². The lowest BCUT2D eigenvalue weighted by molar-refractivity contribution is 0.403. The quantitative estimate of drug-likeness (QED) is 0.138. The Labute approximate surface area is 199 Å². The van der Waals surface area contributed by atoms with Crippen molar-refractivity contribution >= 4 is 6.08 Å². The van der Waals surface area contributed by atoms with Gasteiger partial charge in [-0.3, -0.25) is 0 Å². The molecular weight excluding hydrogens is 392 g/mol. The van der Waals surface area contributed by atoms with E-state index < -0.39 is 0 Å². The minimum atomic E-state index is -0.0590. The van der Waals surface area contributed by atoms with Crippen molar-refractivity contribution in [2.75, 3.05) is 0 Å². The smallest absolute Gasteiger partial charge is 0.157 e. The van der Waals surface area contributed by atoms with Crippen molar-refractivity contribution in [3.63, 3.8) is 0 Å². The predicted octanol–water partition coefficient (Wildman–Crippen LogP) is 10.3. The van der Waals surface area contributed by atoms with Crippen molar-refractivity contribution in [1.82, 2.24) is 0 Å². The molecule has 1 aromatic carbocycles. The van der Waals surface area contributed by atoms with Gasteiger partial charge in [-0.2, -0.15) is 0 Å². The molecule has 0 heterocycles. The van der Waals surface area contributed by atoms with E-state index in [0.717, 1.165) is 12.0 Å². The summed E-state index contributed by atoms with van der Waals surface area (Å²) < 4.78 is 0. The minimum absolute atomic E-state index is 0.0500. The lowest BCUT2D eigenvalue weighted by Gasteiger charge is -2.04. The number of rotatable bonds is 22. The molecule has 0 atom stereocenters. The van der Waals surface area contributed by atoms with Crippen LogP contribution in [0.4, 0.5) is 0 Å². The first-order valence-electron chi connectivity index (χ1n) is 13.9. The van der Waals surface area contributed by atoms with Gasteiger partial charge < -0.3 is 10.2 Å². The van der Waals surface area contributed by atoms with Crippen LogP contribution in [0.2, 0.25) is 0 Å². The minimum Gasteiger partial charge on any atom is -0.504 e. The molecular formula is C30H52O2. The van der Waals surface area contributed by atoms with Crippen LogP contribution in [0.15, 0.2) is 24.3 Å². The van der Waals surface area contributed by atoms with Crippen LogP contribution >= 0.6 is 0 Å². The Balaban J connectivity index is 1.75. The van der Waals surface area contributed by atoms with Crippen LogP contribution in [0.25, 0.3) is 6.08 Å². The molecule has 0 aliphatic carbocycles. The number of unbranched alkanes of at least 4 members (excludes halogenated alkanes) is 20. The first kappa shape index (κ1) is 28.6. The second-order valence-electron chi connectivity index (χ2n) is 9.66. The molecule has 0 radical (unpaired) electrons. The highest BCUT2D eigenvalue weighted by Gasteiger charge is 1.98. The Morgan fingerprint density at radius 1 is 0.531 bits per heavy atom. The summed E-state index contributed by atoms with van der Waals surface area (Å²) in [6, 6.07) is 4.96. The normalized spacial score (nSPS) is 11.5. The van der Waals surface area contributed by atoms with E-state index in [9.17, 15) is 10.2 Å².